The number of ether oxygens (including phenoxy) is 1. The van der Waals surface area contributed by atoms with E-state index < -0.39 is 48.5 Å². The van der Waals surface area contributed by atoms with Gasteiger partial charge in [0, 0.05) is 10.7 Å². The number of nitro groups is 1. The van der Waals surface area contributed by atoms with Crippen LogP contribution in [0.2, 0.25) is 0 Å². The van der Waals surface area contributed by atoms with Crippen molar-refractivity contribution in [1.82, 2.24) is 4.98 Å². The van der Waals surface area contributed by atoms with E-state index in [9.17, 15) is 44.9 Å². The van der Waals surface area contributed by atoms with E-state index in [-0.39, 0.29) is 6.20 Å². The third-order valence-electron chi connectivity index (χ3n) is 1.91. The molecule has 0 aliphatic rings. The predicted molar refractivity (Wildman–Crippen MR) is 55.6 cm³/mol. The molecule has 0 fully saturated rings. The minimum atomic E-state index is -5.75. The molecule has 0 N–H and O–H groups in total. The van der Waals surface area contributed by atoms with Crippen molar-refractivity contribution >= 4 is 25.4 Å². The summed E-state index contributed by atoms with van der Waals surface area (Å²) in [5.41, 5.74) is -4.85. The van der Waals surface area contributed by atoms with E-state index in [4.69, 9.17) is 10.7 Å². The number of rotatable bonds is 3. The molecule has 7 nitrogen and oxygen atoms in total. The van der Waals surface area contributed by atoms with Gasteiger partial charge in [0.15, 0.2) is 11.3 Å². The minimum Gasteiger partial charge on any atom is -0.403 e. The molecule has 0 radical (unpaired) electrons. The first kappa shape index (κ1) is 18.2. The van der Waals surface area contributed by atoms with Crippen LogP contribution < -0.4 is 4.74 Å². The molecule has 0 saturated carbocycles. The Morgan fingerprint density at radius 2 is 1.73 bits per heavy atom. The summed E-state index contributed by atoms with van der Waals surface area (Å²) in [6, 6.07) is 0. The van der Waals surface area contributed by atoms with Crippen molar-refractivity contribution in [3.63, 3.8) is 0 Å². The van der Waals surface area contributed by atoms with Crippen LogP contribution in [0.3, 0.4) is 0 Å². The lowest BCUT2D eigenvalue weighted by Gasteiger charge is -2.15. The van der Waals surface area contributed by atoms with Gasteiger partial charge in [0.1, 0.15) is 0 Å². The third kappa shape index (κ3) is 4.09. The van der Waals surface area contributed by atoms with Crippen molar-refractivity contribution in [2.24, 2.45) is 0 Å². The molecular formula is C7HClF6N2O5S. The van der Waals surface area contributed by atoms with Crippen molar-refractivity contribution < 1.29 is 44.4 Å². The predicted octanol–water partition coefficient (Wildman–Crippen LogP) is 2.83. The molecule has 1 rings (SSSR count). The van der Waals surface area contributed by atoms with E-state index in [1.165, 1.54) is 0 Å². The van der Waals surface area contributed by atoms with E-state index in [2.05, 4.69) is 9.72 Å². The lowest BCUT2D eigenvalue weighted by atomic mass is 10.2. The summed E-state index contributed by atoms with van der Waals surface area (Å²) in [6.07, 6.45) is -11.7. The average Bonchev–Trinajstić information content (AvgIpc) is 2.22. The van der Waals surface area contributed by atoms with Gasteiger partial charge >= 0.3 is 18.2 Å². The summed E-state index contributed by atoms with van der Waals surface area (Å²) in [6.45, 7) is 0. The minimum absolute atomic E-state index is 0.279. The van der Waals surface area contributed by atoms with Gasteiger partial charge in [0.25, 0.3) is 9.05 Å². The molecule has 0 bridgehead atoms. The molecule has 0 unspecified atom stereocenters. The summed E-state index contributed by atoms with van der Waals surface area (Å²) in [7, 11) is -0.449. The van der Waals surface area contributed by atoms with Crippen molar-refractivity contribution in [3.8, 4) is 5.75 Å². The van der Waals surface area contributed by atoms with Crippen LogP contribution >= 0.6 is 10.7 Å². The topological polar surface area (TPSA) is 99.4 Å². The Morgan fingerprint density at radius 1 is 1.23 bits per heavy atom. The van der Waals surface area contributed by atoms with Crippen LogP contribution in [0.1, 0.15) is 5.56 Å². The first-order valence-corrected chi connectivity index (χ1v) is 6.90. The molecule has 1 heterocycles. The largest absolute Gasteiger partial charge is 0.573 e. The second-order valence-electron chi connectivity index (χ2n) is 3.39. The third-order valence-corrected chi connectivity index (χ3v) is 3.11. The molecule has 124 valence electrons. The summed E-state index contributed by atoms with van der Waals surface area (Å²) in [5.74, 6) is -2.09. The maximum atomic E-state index is 12.8. The lowest BCUT2D eigenvalue weighted by molar-refractivity contribution is -0.391. The molecule has 1 aromatic rings. The highest BCUT2D eigenvalue weighted by molar-refractivity contribution is 8.13. The Bertz CT molecular complexity index is 715. The first-order chi connectivity index (χ1) is 9.64. The van der Waals surface area contributed by atoms with E-state index >= 15 is 0 Å². The summed E-state index contributed by atoms with van der Waals surface area (Å²) >= 11 is 0. The maximum Gasteiger partial charge on any atom is 0.573 e. The lowest BCUT2D eigenvalue weighted by Crippen LogP contribution is -2.22. The Labute approximate surface area is 121 Å². The van der Waals surface area contributed by atoms with Gasteiger partial charge < -0.3 is 4.74 Å². The molecule has 0 aromatic carbocycles. The summed E-state index contributed by atoms with van der Waals surface area (Å²) in [5, 5.41) is 8.80. The molecule has 0 spiro atoms. The van der Waals surface area contributed by atoms with E-state index in [0.29, 0.717) is 0 Å². The van der Waals surface area contributed by atoms with Crippen LogP contribution in [0.4, 0.5) is 32.0 Å². The van der Waals surface area contributed by atoms with Gasteiger partial charge in [-0.25, -0.2) is 13.4 Å². The fourth-order valence-electron chi connectivity index (χ4n) is 1.29. The monoisotopic (exact) mass is 374 g/mol. The molecular weight excluding hydrogens is 374 g/mol. The van der Waals surface area contributed by atoms with Gasteiger partial charge in [-0.05, 0) is 0 Å². The van der Waals surface area contributed by atoms with E-state index in [1.54, 1.807) is 0 Å². The standard InChI is InChI=1S/C7HClF6N2O5S/c8-22(19,20)5-4(16(17)18)3(6(9,10)11)2(1-15-5)21-7(12,13)14/h1H. The molecule has 1 aromatic heterocycles. The molecule has 15 heteroatoms. The molecule has 0 aliphatic heterocycles. The van der Waals surface area contributed by atoms with Crippen LogP contribution in [-0.4, -0.2) is 24.7 Å². The van der Waals surface area contributed by atoms with Crippen molar-refractivity contribution in [1.29, 1.82) is 0 Å². The number of hydrogen-bond acceptors (Lipinski definition) is 6. The smallest absolute Gasteiger partial charge is 0.403 e. The zero-order valence-corrected chi connectivity index (χ0v) is 11.1. The number of pyridine rings is 1. The molecule has 0 saturated heterocycles. The number of hydrogen-bond donors (Lipinski definition) is 0. The highest BCUT2D eigenvalue weighted by atomic mass is 35.7. The van der Waals surface area contributed by atoms with Gasteiger partial charge in [-0.1, -0.05) is 0 Å². The number of nitrogens with zero attached hydrogens (tertiary/aromatic N) is 2. The van der Waals surface area contributed by atoms with Crippen LogP contribution in [0.15, 0.2) is 11.2 Å². The van der Waals surface area contributed by atoms with Crippen LogP contribution in [0, 0.1) is 10.1 Å². The Hall–Kier alpha value is -1.83. The van der Waals surface area contributed by atoms with Crippen LogP contribution in [-0.2, 0) is 15.2 Å². The second kappa shape index (κ2) is 5.42. The second-order valence-corrected chi connectivity index (χ2v) is 5.87. The van der Waals surface area contributed by atoms with E-state index in [0.717, 1.165) is 0 Å². The average molecular weight is 375 g/mol. The van der Waals surface area contributed by atoms with E-state index in [1.807, 2.05) is 0 Å². The fourth-order valence-corrected chi connectivity index (χ4v) is 2.22. The Kier molecular flexibility index (Phi) is 4.49. The van der Waals surface area contributed by atoms with Crippen LogP contribution in [0.25, 0.3) is 0 Å². The molecule has 22 heavy (non-hydrogen) atoms. The van der Waals surface area contributed by atoms with Crippen molar-refractivity contribution in [2.45, 2.75) is 17.6 Å². The molecule has 0 amide bonds. The van der Waals surface area contributed by atoms with Crippen molar-refractivity contribution in [3.05, 3.63) is 21.9 Å². The van der Waals surface area contributed by atoms with Crippen molar-refractivity contribution in [2.75, 3.05) is 0 Å². The molecule has 0 aliphatic carbocycles. The molecule has 0 atom stereocenters. The van der Waals surface area contributed by atoms with Gasteiger partial charge in [-0.2, -0.15) is 13.2 Å². The van der Waals surface area contributed by atoms with Crippen LogP contribution in [0.5, 0.6) is 5.75 Å². The number of halogens is 7. The Balaban J connectivity index is 3.86. The summed E-state index contributed by atoms with van der Waals surface area (Å²) < 4.78 is 99.5. The zero-order chi connectivity index (χ0) is 17.5. The fraction of sp³-hybridized carbons (Fsp3) is 0.286. The maximum absolute atomic E-state index is 12.8. The quantitative estimate of drug-likeness (QED) is 0.349. The van der Waals surface area contributed by atoms with Gasteiger partial charge in [0.05, 0.1) is 11.1 Å². The SMILES string of the molecule is O=[N+]([O-])c1c(S(=O)(=O)Cl)ncc(OC(F)(F)F)c1C(F)(F)F. The number of aromatic nitrogens is 1. The summed E-state index contributed by atoms with van der Waals surface area (Å²) in [4.78, 5) is 11.4. The van der Waals surface area contributed by atoms with Gasteiger partial charge in [0.2, 0.25) is 5.03 Å². The van der Waals surface area contributed by atoms with Gasteiger partial charge in [-0.15, -0.1) is 13.2 Å². The first-order valence-electron chi connectivity index (χ1n) is 4.59. The highest BCUT2D eigenvalue weighted by Gasteiger charge is 2.48. The zero-order valence-electron chi connectivity index (χ0n) is 9.57. The Morgan fingerprint density at radius 3 is 2.05 bits per heavy atom. The normalized spacial score (nSPS) is 13.0. The van der Waals surface area contributed by atoms with Gasteiger partial charge in [-0.3, -0.25) is 10.1 Å². The number of alkyl halides is 6. The highest BCUT2D eigenvalue weighted by Crippen LogP contribution is 2.45.